The highest BCUT2D eigenvalue weighted by Crippen LogP contribution is 2.35. The molecule has 1 rings (SSSR count). The second kappa shape index (κ2) is 25.7. The van der Waals surface area contributed by atoms with Crippen LogP contribution in [0.15, 0.2) is 12.1 Å². The van der Waals surface area contributed by atoms with Crippen LogP contribution in [0.2, 0.25) is 0 Å². The molecule has 0 saturated carbocycles. The Labute approximate surface area is 226 Å². The molecule has 0 aliphatic heterocycles. The number of carboxylic acid groups (broad SMARTS) is 1. The molecule has 0 amide bonds. The lowest BCUT2D eigenvalue weighted by molar-refractivity contribution is 0.0696. The largest absolute Gasteiger partial charge is 0.504 e. The first-order valence-electron chi connectivity index (χ1n) is 15.0. The molecule has 6 heteroatoms. The zero-order chi connectivity index (χ0) is 27.6. The Morgan fingerprint density at radius 1 is 0.568 bits per heavy atom. The van der Waals surface area contributed by atoms with Crippen LogP contribution in [0.1, 0.15) is 153 Å². The van der Waals surface area contributed by atoms with Crippen LogP contribution in [0.5, 0.6) is 17.2 Å². The van der Waals surface area contributed by atoms with E-state index in [9.17, 15) is 4.79 Å². The van der Waals surface area contributed by atoms with E-state index in [4.69, 9.17) is 25.2 Å². The van der Waals surface area contributed by atoms with Crippen LogP contribution in [0.3, 0.4) is 0 Å². The van der Waals surface area contributed by atoms with Crippen molar-refractivity contribution in [3.8, 4) is 17.2 Å². The third-order valence-corrected chi connectivity index (χ3v) is 6.60. The number of aromatic carboxylic acids is 1. The molecule has 6 nitrogen and oxygen atoms in total. The molecule has 0 fully saturated rings. The van der Waals surface area contributed by atoms with Crippen LogP contribution in [0.4, 0.5) is 0 Å². The van der Waals surface area contributed by atoms with Crippen molar-refractivity contribution in [1.29, 1.82) is 0 Å². The number of rotatable bonds is 23. The van der Waals surface area contributed by atoms with Gasteiger partial charge in [0.25, 0.3) is 0 Å². The Kier molecular flexibility index (Phi) is 24.3. The molecule has 0 spiro atoms. The van der Waals surface area contributed by atoms with Crippen LogP contribution in [-0.2, 0) is 4.74 Å². The Morgan fingerprint density at radius 2 is 0.865 bits per heavy atom. The van der Waals surface area contributed by atoms with Crippen molar-refractivity contribution in [2.24, 2.45) is 0 Å². The van der Waals surface area contributed by atoms with E-state index in [0.29, 0.717) is 0 Å². The summed E-state index contributed by atoms with van der Waals surface area (Å²) in [6.07, 6.45) is 28.2. The Balaban J connectivity index is 0.000000893. The van der Waals surface area contributed by atoms with Crippen molar-refractivity contribution in [2.45, 2.75) is 142 Å². The summed E-state index contributed by atoms with van der Waals surface area (Å²) in [7, 11) is 0. The first kappa shape index (κ1) is 35.0. The Bertz CT molecular complexity index is 616. The molecule has 0 atom stereocenters. The maximum absolute atomic E-state index is 10.3. The summed E-state index contributed by atoms with van der Waals surface area (Å²) in [5.41, 5.74) is -0.289. The second-order valence-electron chi connectivity index (χ2n) is 10.1. The molecule has 0 aliphatic rings. The van der Waals surface area contributed by atoms with Gasteiger partial charge in [0.15, 0.2) is 17.2 Å². The van der Waals surface area contributed by atoms with Crippen LogP contribution in [0, 0.1) is 0 Å². The highest BCUT2D eigenvalue weighted by Gasteiger charge is 2.11. The summed E-state index contributed by atoms with van der Waals surface area (Å²) in [5, 5.41) is 35.0. The molecule has 216 valence electrons. The number of phenols is 3. The summed E-state index contributed by atoms with van der Waals surface area (Å²) in [6.45, 7) is 6.57. The quantitative estimate of drug-likeness (QED) is 0.0839. The monoisotopic (exact) mass is 524 g/mol. The van der Waals surface area contributed by atoms with Crippen LogP contribution < -0.4 is 0 Å². The van der Waals surface area contributed by atoms with E-state index in [0.717, 1.165) is 25.3 Å². The number of unbranched alkanes of at least 4 members (excludes halogenated alkanes) is 18. The van der Waals surface area contributed by atoms with Crippen molar-refractivity contribution in [3.63, 3.8) is 0 Å². The van der Waals surface area contributed by atoms with Crippen molar-refractivity contribution < 1.29 is 30.0 Å². The third kappa shape index (κ3) is 21.8. The number of phenolic OH excluding ortho intramolecular Hbond substituents is 3. The topological polar surface area (TPSA) is 107 Å². The van der Waals surface area contributed by atoms with Crippen LogP contribution >= 0.6 is 0 Å². The number of hydrogen-bond acceptors (Lipinski definition) is 5. The highest BCUT2D eigenvalue weighted by molar-refractivity contribution is 5.89. The lowest BCUT2D eigenvalue weighted by Crippen LogP contribution is -1.97. The normalized spacial score (nSPS) is 10.8. The van der Waals surface area contributed by atoms with Crippen LogP contribution in [0.25, 0.3) is 0 Å². The maximum atomic E-state index is 10.3. The molecule has 0 radical (unpaired) electrons. The van der Waals surface area contributed by atoms with Gasteiger partial charge in [-0.25, -0.2) is 4.79 Å². The summed E-state index contributed by atoms with van der Waals surface area (Å²) in [6, 6.07) is 1.69. The molecule has 0 heterocycles. The molecular weight excluding hydrogens is 468 g/mol. The van der Waals surface area contributed by atoms with E-state index in [1.807, 2.05) is 0 Å². The second-order valence-corrected chi connectivity index (χ2v) is 10.1. The van der Waals surface area contributed by atoms with Gasteiger partial charge < -0.3 is 25.2 Å². The van der Waals surface area contributed by atoms with E-state index in [1.54, 1.807) is 0 Å². The van der Waals surface area contributed by atoms with E-state index < -0.39 is 23.2 Å². The smallest absolute Gasteiger partial charge is 0.335 e. The Morgan fingerprint density at radius 3 is 1.16 bits per heavy atom. The molecular formula is C31H56O6. The van der Waals surface area contributed by atoms with E-state index in [-0.39, 0.29) is 5.56 Å². The molecule has 0 aromatic heterocycles. The fourth-order valence-electron chi connectivity index (χ4n) is 4.21. The molecule has 0 bridgehead atoms. The van der Waals surface area contributed by atoms with Crippen molar-refractivity contribution in [3.05, 3.63) is 17.7 Å². The molecule has 1 aromatic carbocycles. The van der Waals surface area contributed by atoms with Gasteiger partial charge in [0.05, 0.1) is 5.56 Å². The SMILES string of the molecule is CCCCCCCCCCCCOCCCCCCCCCCCC.O=C(O)c1cc(O)c(O)c(O)c1. The van der Waals surface area contributed by atoms with Gasteiger partial charge in [0.1, 0.15) is 0 Å². The van der Waals surface area contributed by atoms with E-state index in [2.05, 4.69) is 13.8 Å². The zero-order valence-corrected chi connectivity index (χ0v) is 23.8. The van der Waals surface area contributed by atoms with Crippen molar-refractivity contribution in [1.82, 2.24) is 0 Å². The van der Waals surface area contributed by atoms with E-state index >= 15 is 0 Å². The molecule has 37 heavy (non-hydrogen) atoms. The predicted molar refractivity (Wildman–Crippen MR) is 153 cm³/mol. The van der Waals surface area contributed by atoms with Gasteiger partial charge >= 0.3 is 5.97 Å². The summed E-state index contributed by atoms with van der Waals surface area (Å²) in [4.78, 5) is 10.3. The summed E-state index contributed by atoms with van der Waals surface area (Å²) < 4.78 is 5.78. The van der Waals surface area contributed by atoms with Gasteiger partial charge in [-0.15, -0.1) is 0 Å². The highest BCUT2D eigenvalue weighted by atomic mass is 16.5. The molecule has 0 unspecified atom stereocenters. The number of benzene rings is 1. The lowest BCUT2D eigenvalue weighted by atomic mass is 10.1. The molecule has 0 saturated heterocycles. The van der Waals surface area contributed by atoms with E-state index in [1.165, 1.54) is 128 Å². The number of ether oxygens (including phenoxy) is 1. The minimum Gasteiger partial charge on any atom is -0.504 e. The molecule has 4 N–H and O–H groups in total. The number of aromatic hydroxyl groups is 3. The zero-order valence-electron chi connectivity index (χ0n) is 23.8. The van der Waals surface area contributed by atoms with Gasteiger partial charge in [0, 0.05) is 13.2 Å². The fraction of sp³-hybridized carbons (Fsp3) is 0.774. The lowest BCUT2D eigenvalue weighted by Gasteiger charge is -2.05. The maximum Gasteiger partial charge on any atom is 0.335 e. The Hall–Kier alpha value is -1.95. The first-order valence-corrected chi connectivity index (χ1v) is 15.0. The minimum absolute atomic E-state index is 0.289. The third-order valence-electron chi connectivity index (χ3n) is 6.60. The number of carbonyl (C=O) groups is 1. The van der Waals surface area contributed by atoms with Gasteiger partial charge in [-0.2, -0.15) is 0 Å². The average Bonchev–Trinajstić information content (AvgIpc) is 2.88. The van der Waals surface area contributed by atoms with Gasteiger partial charge in [-0.1, -0.05) is 129 Å². The van der Waals surface area contributed by atoms with Crippen LogP contribution in [-0.4, -0.2) is 39.6 Å². The predicted octanol–water partition coefficient (Wildman–Crippen LogP) is 9.35. The number of hydrogen-bond donors (Lipinski definition) is 4. The molecule has 1 aromatic rings. The standard InChI is InChI=1S/C24H50O.C7H6O5/c1-3-5-7-9-11-13-15-17-19-21-23-25-24-22-20-18-16-14-12-10-8-6-4-2;8-4-1-3(7(11)12)2-5(9)6(4)10/h3-24H2,1-2H3;1-2,8-10H,(H,11,12). The van der Waals surface area contributed by atoms with Gasteiger partial charge in [-0.05, 0) is 25.0 Å². The first-order chi connectivity index (χ1) is 17.9. The van der Waals surface area contributed by atoms with Gasteiger partial charge in [0.2, 0.25) is 0 Å². The number of carboxylic acids is 1. The fourth-order valence-corrected chi connectivity index (χ4v) is 4.21. The average molecular weight is 525 g/mol. The summed E-state index contributed by atoms with van der Waals surface area (Å²) >= 11 is 0. The van der Waals surface area contributed by atoms with Gasteiger partial charge in [-0.3, -0.25) is 0 Å². The van der Waals surface area contributed by atoms with Crippen molar-refractivity contribution >= 4 is 5.97 Å². The molecule has 0 aliphatic carbocycles. The minimum atomic E-state index is -1.29. The van der Waals surface area contributed by atoms with Crippen molar-refractivity contribution in [2.75, 3.05) is 13.2 Å². The summed E-state index contributed by atoms with van der Waals surface area (Å²) in [5.74, 6) is -3.33.